The highest BCUT2D eigenvalue weighted by Crippen LogP contribution is 2.14. The largest absolute Gasteiger partial charge is 0.340 e. The van der Waals surface area contributed by atoms with Gasteiger partial charge < -0.3 is 9.88 Å². The third kappa shape index (κ3) is 2.59. The molecule has 0 saturated carbocycles. The summed E-state index contributed by atoms with van der Waals surface area (Å²) in [6.45, 7) is 4.43. The van der Waals surface area contributed by atoms with Gasteiger partial charge in [0.05, 0.1) is 17.6 Å². The number of hydrogen-bond donors (Lipinski definition) is 1. The quantitative estimate of drug-likeness (QED) is 0.805. The normalized spacial score (nSPS) is 11.3. The van der Waals surface area contributed by atoms with E-state index in [2.05, 4.69) is 15.1 Å². The molecule has 0 aliphatic carbocycles. The lowest BCUT2D eigenvalue weighted by Gasteiger charge is -2.17. The fourth-order valence-electron chi connectivity index (χ4n) is 2.47. The van der Waals surface area contributed by atoms with Crippen molar-refractivity contribution in [2.24, 2.45) is 0 Å². The summed E-state index contributed by atoms with van der Waals surface area (Å²) in [6.07, 6.45) is 1.66. The molecule has 0 aliphatic heterocycles. The smallest absolute Gasteiger partial charge is 0.272 e. The van der Waals surface area contributed by atoms with Crippen LogP contribution >= 0.6 is 0 Å². The summed E-state index contributed by atoms with van der Waals surface area (Å²) in [4.78, 5) is 22.0. The molecule has 2 heterocycles. The van der Waals surface area contributed by atoms with E-state index in [1.54, 1.807) is 28.9 Å². The van der Waals surface area contributed by atoms with Crippen LogP contribution in [0.25, 0.3) is 11.0 Å². The molecule has 0 radical (unpaired) electrons. The van der Waals surface area contributed by atoms with Crippen molar-refractivity contribution < 1.29 is 4.79 Å². The highest BCUT2D eigenvalue weighted by atomic mass is 16.2. The van der Waals surface area contributed by atoms with Gasteiger partial charge in [-0.15, -0.1) is 0 Å². The van der Waals surface area contributed by atoms with E-state index in [0.29, 0.717) is 12.2 Å². The predicted octanol–water partition coefficient (Wildman–Crippen LogP) is 2.61. The Hall–Kier alpha value is -2.63. The van der Waals surface area contributed by atoms with Crippen LogP contribution in [0.3, 0.4) is 0 Å². The van der Waals surface area contributed by atoms with E-state index in [-0.39, 0.29) is 11.9 Å². The number of benzene rings is 1. The van der Waals surface area contributed by atoms with Crippen LogP contribution in [0.2, 0.25) is 0 Å². The van der Waals surface area contributed by atoms with Gasteiger partial charge in [0.25, 0.3) is 5.91 Å². The van der Waals surface area contributed by atoms with Gasteiger partial charge in [-0.2, -0.15) is 5.10 Å². The lowest BCUT2D eigenvalue weighted by molar-refractivity contribution is 0.0767. The number of imidazole rings is 1. The zero-order valence-corrected chi connectivity index (χ0v) is 12.9. The van der Waals surface area contributed by atoms with Gasteiger partial charge in [-0.1, -0.05) is 12.1 Å². The molecule has 0 fully saturated rings. The molecule has 3 aromatic rings. The maximum Gasteiger partial charge on any atom is 0.272 e. The number of nitrogens with zero attached hydrogens (tertiary/aromatic N) is 4. The van der Waals surface area contributed by atoms with Crippen LogP contribution < -0.4 is 0 Å². The van der Waals surface area contributed by atoms with Crippen molar-refractivity contribution in [2.45, 2.75) is 26.4 Å². The minimum absolute atomic E-state index is 0.0633. The van der Waals surface area contributed by atoms with Crippen molar-refractivity contribution in [3.8, 4) is 0 Å². The molecule has 6 heteroatoms. The van der Waals surface area contributed by atoms with Crippen molar-refractivity contribution in [3.05, 3.63) is 48.0 Å². The maximum atomic E-state index is 12.6. The van der Waals surface area contributed by atoms with E-state index in [4.69, 9.17) is 0 Å². The molecule has 22 heavy (non-hydrogen) atoms. The molecule has 1 amide bonds. The molecule has 1 aromatic carbocycles. The monoisotopic (exact) mass is 297 g/mol. The second-order valence-electron chi connectivity index (χ2n) is 5.62. The average molecular weight is 297 g/mol. The lowest BCUT2D eigenvalue weighted by Crippen LogP contribution is -2.29. The van der Waals surface area contributed by atoms with Crippen LogP contribution in [-0.4, -0.2) is 37.6 Å². The van der Waals surface area contributed by atoms with Crippen molar-refractivity contribution in [1.29, 1.82) is 0 Å². The Balaban J connectivity index is 1.80. The van der Waals surface area contributed by atoms with Crippen LogP contribution in [0, 0.1) is 0 Å². The molecule has 0 saturated heterocycles. The van der Waals surface area contributed by atoms with E-state index >= 15 is 0 Å². The summed E-state index contributed by atoms with van der Waals surface area (Å²) in [7, 11) is 1.77. The maximum absolute atomic E-state index is 12.6. The van der Waals surface area contributed by atoms with Crippen molar-refractivity contribution >= 4 is 16.9 Å². The summed E-state index contributed by atoms with van der Waals surface area (Å²) in [5, 5.41) is 4.21. The summed E-state index contributed by atoms with van der Waals surface area (Å²) in [6, 6.07) is 9.72. The summed E-state index contributed by atoms with van der Waals surface area (Å²) >= 11 is 0. The van der Waals surface area contributed by atoms with Gasteiger partial charge in [-0.3, -0.25) is 9.48 Å². The summed E-state index contributed by atoms with van der Waals surface area (Å²) < 4.78 is 1.73. The fourth-order valence-corrected chi connectivity index (χ4v) is 2.47. The van der Waals surface area contributed by atoms with Gasteiger partial charge >= 0.3 is 0 Å². The molecular formula is C16H19N5O. The molecule has 6 nitrogen and oxygen atoms in total. The minimum atomic E-state index is -0.0633. The molecular weight excluding hydrogens is 278 g/mol. The minimum Gasteiger partial charge on any atom is -0.340 e. The Morgan fingerprint density at radius 1 is 1.32 bits per heavy atom. The summed E-state index contributed by atoms with van der Waals surface area (Å²) in [5.41, 5.74) is 2.48. The molecule has 114 valence electrons. The Labute approximate surface area is 128 Å². The third-order valence-corrected chi connectivity index (χ3v) is 3.55. The highest BCUT2D eigenvalue weighted by Gasteiger charge is 2.19. The molecule has 0 spiro atoms. The van der Waals surface area contributed by atoms with E-state index in [1.807, 2.05) is 38.1 Å². The number of carbonyl (C=O) groups excluding carboxylic acids is 1. The number of rotatable bonds is 4. The Morgan fingerprint density at radius 3 is 2.82 bits per heavy atom. The first-order valence-electron chi connectivity index (χ1n) is 7.29. The van der Waals surface area contributed by atoms with E-state index in [0.717, 1.165) is 16.9 Å². The number of nitrogens with one attached hydrogen (secondary N) is 1. The average Bonchev–Trinajstić information content (AvgIpc) is 3.12. The van der Waals surface area contributed by atoms with Crippen LogP contribution in [0.5, 0.6) is 0 Å². The molecule has 2 aromatic heterocycles. The van der Waals surface area contributed by atoms with Gasteiger partial charge in [0.2, 0.25) is 0 Å². The van der Waals surface area contributed by atoms with Crippen LogP contribution in [0.15, 0.2) is 36.5 Å². The number of aromatic nitrogens is 4. The van der Waals surface area contributed by atoms with E-state index in [9.17, 15) is 4.79 Å². The van der Waals surface area contributed by atoms with Crippen LogP contribution in [0.4, 0.5) is 0 Å². The SMILES string of the molecule is CC(C)n1nccc1C(=O)N(C)Cc1nc2ccccc2[nH]1. The Morgan fingerprint density at radius 2 is 2.09 bits per heavy atom. The van der Waals surface area contributed by atoms with Crippen molar-refractivity contribution in [1.82, 2.24) is 24.6 Å². The molecule has 0 aliphatic rings. The standard InChI is InChI=1S/C16H19N5O/c1-11(2)21-14(8-9-17-21)16(22)20(3)10-15-18-12-6-4-5-7-13(12)19-15/h4-9,11H,10H2,1-3H3,(H,18,19). The zero-order valence-electron chi connectivity index (χ0n) is 12.9. The predicted molar refractivity (Wildman–Crippen MR) is 84.5 cm³/mol. The first kappa shape index (κ1) is 14.3. The van der Waals surface area contributed by atoms with Gasteiger partial charge in [0.1, 0.15) is 11.5 Å². The fraction of sp³-hybridized carbons (Fsp3) is 0.312. The van der Waals surface area contributed by atoms with Crippen LogP contribution in [0.1, 0.15) is 36.2 Å². The number of amides is 1. The van der Waals surface area contributed by atoms with Gasteiger partial charge in [0.15, 0.2) is 0 Å². The number of H-pyrrole nitrogens is 1. The zero-order chi connectivity index (χ0) is 15.7. The topological polar surface area (TPSA) is 66.8 Å². The molecule has 0 unspecified atom stereocenters. The number of fused-ring (bicyclic) bond motifs is 1. The van der Waals surface area contributed by atoms with E-state index < -0.39 is 0 Å². The second-order valence-corrected chi connectivity index (χ2v) is 5.62. The number of para-hydroxylation sites is 2. The first-order valence-corrected chi connectivity index (χ1v) is 7.29. The Bertz CT molecular complexity index is 769. The number of aromatic amines is 1. The number of carbonyl (C=O) groups is 1. The molecule has 0 atom stereocenters. The van der Waals surface area contributed by atoms with E-state index in [1.165, 1.54) is 0 Å². The number of hydrogen-bond acceptors (Lipinski definition) is 3. The van der Waals surface area contributed by atoms with Gasteiger partial charge in [-0.25, -0.2) is 4.98 Å². The third-order valence-electron chi connectivity index (χ3n) is 3.55. The van der Waals surface area contributed by atoms with Gasteiger partial charge in [0, 0.05) is 19.3 Å². The Kier molecular flexibility index (Phi) is 3.66. The van der Waals surface area contributed by atoms with Gasteiger partial charge in [-0.05, 0) is 32.0 Å². The molecule has 3 rings (SSSR count). The van der Waals surface area contributed by atoms with Crippen molar-refractivity contribution in [2.75, 3.05) is 7.05 Å². The van der Waals surface area contributed by atoms with Crippen molar-refractivity contribution in [3.63, 3.8) is 0 Å². The highest BCUT2D eigenvalue weighted by molar-refractivity contribution is 5.92. The lowest BCUT2D eigenvalue weighted by atomic mass is 10.3. The second kappa shape index (κ2) is 5.63. The molecule has 0 bridgehead atoms. The van der Waals surface area contributed by atoms with Crippen LogP contribution in [-0.2, 0) is 6.54 Å². The first-order chi connectivity index (χ1) is 10.6. The molecule has 1 N–H and O–H groups in total. The summed E-state index contributed by atoms with van der Waals surface area (Å²) in [5.74, 6) is 0.708.